The summed E-state index contributed by atoms with van der Waals surface area (Å²) in [4.78, 5) is 4.33. The fourth-order valence-electron chi connectivity index (χ4n) is 1.68. The number of aromatic nitrogens is 2. The Morgan fingerprint density at radius 3 is 3.00 bits per heavy atom. The third-order valence-electron chi connectivity index (χ3n) is 2.46. The molecule has 0 atom stereocenters. The van der Waals surface area contributed by atoms with Crippen LogP contribution in [0.2, 0.25) is 0 Å². The zero-order valence-corrected chi connectivity index (χ0v) is 8.85. The van der Waals surface area contributed by atoms with E-state index in [9.17, 15) is 0 Å². The van der Waals surface area contributed by atoms with Crippen molar-refractivity contribution in [3.8, 4) is 0 Å². The van der Waals surface area contributed by atoms with Gasteiger partial charge in [0.2, 0.25) is 0 Å². The molecule has 78 valence electrons. The molecule has 2 aromatic rings. The first kappa shape index (κ1) is 9.77. The molecule has 0 saturated heterocycles. The standard InChI is InChI=1S/C12H15N3/c1-2-15-7-6-14-12(15)9-10-4-3-5-11(13)8-10/h3-8H,2,9,13H2,1H3. The van der Waals surface area contributed by atoms with Crippen LogP contribution < -0.4 is 5.73 Å². The number of nitrogen functional groups attached to an aromatic ring is 1. The van der Waals surface area contributed by atoms with Gasteiger partial charge >= 0.3 is 0 Å². The van der Waals surface area contributed by atoms with Crippen LogP contribution in [-0.2, 0) is 13.0 Å². The van der Waals surface area contributed by atoms with Crippen LogP contribution in [0.4, 0.5) is 5.69 Å². The second-order valence-electron chi connectivity index (χ2n) is 3.55. The topological polar surface area (TPSA) is 43.8 Å². The average molecular weight is 201 g/mol. The lowest BCUT2D eigenvalue weighted by atomic mass is 10.1. The molecular formula is C12H15N3. The summed E-state index contributed by atoms with van der Waals surface area (Å²) in [7, 11) is 0. The van der Waals surface area contributed by atoms with Gasteiger partial charge in [-0.25, -0.2) is 4.98 Å². The molecule has 1 aromatic carbocycles. The SMILES string of the molecule is CCn1ccnc1Cc1cccc(N)c1. The van der Waals surface area contributed by atoms with Gasteiger partial charge in [-0.3, -0.25) is 0 Å². The summed E-state index contributed by atoms with van der Waals surface area (Å²) in [5.74, 6) is 1.09. The Morgan fingerprint density at radius 2 is 2.27 bits per heavy atom. The molecule has 0 unspecified atom stereocenters. The van der Waals surface area contributed by atoms with Crippen molar-refractivity contribution in [2.45, 2.75) is 19.9 Å². The molecule has 1 heterocycles. The Morgan fingerprint density at radius 1 is 1.40 bits per heavy atom. The number of hydrogen-bond acceptors (Lipinski definition) is 2. The molecule has 3 heteroatoms. The maximum Gasteiger partial charge on any atom is 0.113 e. The molecule has 0 spiro atoms. The first-order valence-corrected chi connectivity index (χ1v) is 5.14. The van der Waals surface area contributed by atoms with Crippen LogP contribution in [0.25, 0.3) is 0 Å². The molecule has 2 rings (SSSR count). The van der Waals surface area contributed by atoms with Gasteiger partial charge in [0.05, 0.1) is 0 Å². The molecule has 0 aliphatic carbocycles. The maximum atomic E-state index is 5.73. The summed E-state index contributed by atoms with van der Waals surface area (Å²) in [6, 6.07) is 7.94. The van der Waals surface area contributed by atoms with Crippen molar-refractivity contribution >= 4 is 5.69 Å². The summed E-state index contributed by atoms with van der Waals surface area (Å²) in [5, 5.41) is 0. The highest BCUT2D eigenvalue weighted by atomic mass is 15.0. The summed E-state index contributed by atoms with van der Waals surface area (Å²) >= 11 is 0. The van der Waals surface area contributed by atoms with Crippen LogP contribution in [0.3, 0.4) is 0 Å². The Labute approximate surface area is 89.6 Å². The van der Waals surface area contributed by atoms with Gasteiger partial charge < -0.3 is 10.3 Å². The highest BCUT2D eigenvalue weighted by Crippen LogP contribution is 2.11. The van der Waals surface area contributed by atoms with E-state index in [1.807, 2.05) is 30.6 Å². The highest BCUT2D eigenvalue weighted by Gasteiger charge is 2.02. The predicted octanol–water partition coefficient (Wildman–Crippen LogP) is 2.08. The van der Waals surface area contributed by atoms with Crippen molar-refractivity contribution in [2.24, 2.45) is 0 Å². The van der Waals surface area contributed by atoms with E-state index in [1.165, 1.54) is 5.56 Å². The van der Waals surface area contributed by atoms with Crippen LogP contribution in [0.1, 0.15) is 18.3 Å². The average Bonchev–Trinajstić information content (AvgIpc) is 2.65. The van der Waals surface area contributed by atoms with Crippen molar-refractivity contribution in [1.29, 1.82) is 0 Å². The molecule has 15 heavy (non-hydrogen) atoms. The molecule has 0 aliphatic rings. The fraction of sp³-hybridized carbons (Fsp3) is 0.250. The van der Waals surface area contributed by atoms with Crippen molar-refractivity contribution < 1.29 is 0 Å². The molecule has 0 bridgehead atoms. The van der Waals surface area contributed by atoms with E-state index in [2.05, 4.69) is 22.5 Å². The summed E-state index contributed by atoms with van der Waals surface area (Å²) in [6.07, 6.45) is 4.68. The zero-order chi connectivity index (χ0) is 10.7. The molecule has 0 aliphatic heterocycles. The fourth-order valence-corrected chi connectivity index (χ4v) is 1.68. The first-order chi connectivity index (χ1) is 7.29. The van der Waals surface area contributed by atoms with E-state index in [1.54, 1.807) is 0 Å². The van der Waals surface area contributed by atoms with Crippen molar-refractivity contribution in [2.75, 3.05) is 5.73 Å². The molecule has 3 nitrogen and oxygen atoms in total. The molecule has 0 radical (unpaired) electrons. The smallest absolute Gasteiger partial charge is 0.113 e. The van der Waals surface area contributed by atoms with Gasteiger partial charge in [0.1, 0.15) is 5.82 Å². The quantitative estimate of drug-likeness (QED) is 0.773. The monoisotopic (exact) mass is 201 g/mol. The minimum atomic E-state index is 0.808. The lowest BCUT2D eigenvalue weighted by molar-refractivity contribution is 0.712. The third kappa shape index (κ3) is 2.18. The minimum absolute atomic E-state index is 0.808. The molecule has 0 fully saturated rings. The second kappa shape index (κ2) is 4.17. The van der Waals surface area contributed by atoms with Gasteiger partial charge in [-0.15, -0.1) is 0 Å². The van der Waals surface area contributed by atoms with Crippen molar-refractivity contribution in [3.05, 3.63) is 48.0 Å². The second-order valence-corrected chi connectivity index (χ2v) is 3.55. The lowest BCUT2D eigenvalue weighted by Gasteiger charge is -2.05. The Kier molecular flexibility index (Phi) is 2.72. The predicted molar refractivity (Wildman–Crippen MR) is 61.6 cm³/mol. The van der Waals surface area contributed by atoms with Crippen LogP contribution in [0.5, 0.6) is 0 Å². The largest absolute Gasteiger partial charge is 0.399 e. The summed E-state index contributed by atoms with van der Waals surface area (Å²) in [6.45, 7) is 3.07. The Balaban J connectivity index is 2.22. The van der Waals surface area contributed by atoms with Gasteiger partial charge in [-0.05, 0) is 24.6 Å². The first-order valence-electron chi connectivity index (χ1n) is 5.14. The maximum absolute atomic E-state index is 5.73. The van der Waals surface area contributed by atoms with E-state index in [0.717, 1.165) is 24.5 Å². The van der Waals surface area contributed by atoms with E-state index in [4.69, 9.17) is 5.73 Å². The Bertz CT molecular complexity index is 446. The molecule has 0 saturated carbocycles. The molecule has 1 aromatic heterocycles. The normalized spacial score (nSPS) is 10.5. The third-order valence-corrected chi connectivity index (χ3v) is 2.46. The lowest BCUT2D eigenvalue weighted by Crippen LogP contribution is -2.02. The van der Waals surface area contributed by atoms with Crippen LogP contribution >= 0.6 is 0 Å². The number of nitrogens with two attached hydrogens (primary N) is 1. The minimum Gasteiger partial charge on any atom is -0.399 e. The number of benzene rings is 1. The number of hydrogen-bond donors (Lipinski definition) is 1. The van der Waals surface area contributed by atoms with Crippen LogP contribution in [0, 0.1) is 0 Å². The van der Waals surface area contributed by atoms with Gasteiger partial charge in [-0.1, -0.05) is 12.1 Å². The summed E-state index contributed by atoms with van der Waals surface area (Å²) < 4.78 is 2.14. The summed E-state index contributed by atoms with van der Waals surface area (Å²) in [5.41, 5.74) is 7.74. The molecule has 0 amide bonds. The van der Waals surface area contributed by atoms with Crippen molar-refractivity contribution in [1.82, 2.24) is 9.55 Å². The number of nitrogens with zero attached hydrogens (tertiary/aromatic N) is 2. The highest BCUT2D eigenvalue weighted by molar-refractivity contribution is 5.41. The zero-order valence-electron chi connectivity index (χ0n) is 8.85. The van der Waals surface area contributed by atoms with E-state index in [0.29, 0.717) is 0 Å². The van der Waals surface area contributed by atoms with Crippen molar-refractivity contribution in [3.63, 3.8) is 0 Å². The van der Waals surface area contributed by atoms with Crippen LogP contribution in [0.15, 0.2) is 36.7 Å². The number of imidazole rings is 1. The number of aryl methyl sites for hydroxylation is 1. The van der Waals surface area contributed by atoms with E-state index in [-0.39, 0.29) is 0 Å². The van der Waals surface area contributed by atoms with Gasteiger partial charge in [0.25, 0.3) is 0 Å². The number of anilines is 1. The number of rotatable bonds is 3. The van der Waals surface area contributed by atoms with Gasteiger partial charge in [0.15, 0.2) is 0 Å². The van der Waals surface area contributed by atoms with E-state index < -0.39 is 0 Å². The molecule has 2 N–H and O–H groups in total. The van der Waals surface area contributed by atoms with Gasteiger partial charge in [0, 0.05) is 31.0 Å². The Hall–Kier alpha value is -1.77. The van der Waals surface area contributed by atoms with Gasteiger partial charge in [-0.2, -0.15) is 0 Å². The van der Waals surface area contributed by atoms with E-state index >= 15 is 0 Å². The molecular weight excluding hydrogens is 186 g/mol. The van der Waals surface area contributed by atoms with Crippen LogP contribution in [-0.4, -0.2) is 9.55 Å².